The summed E-state index contributed by atoms with van der Waals surface area (Å²) in [6.45, 7) is 0. The summed E-state index contributed by atoms with van der Waals surface area (Å²) in [6.07, 6.45) is -8.41. The second-order valence-electron chi connectivity index (χ2n) is 3.41. The molecule has 0 aliphatic carbocycles. The summed E-state index contributed by atoms with van der Waals surface area (Å²) in [7, 11) is 1.03. The predicted molar refractivity (Wildman–Crippen MR) is 54.9 cm³/mol. The van der Waals surface area contributed by atoms with E-state index in [1.807, 2.05) is 0 Å². The number of carbonyl (C=O) groups is 1. The molecule has 0 fully saturated rings. The van der Waals surface area contributed by atoms with Crippen LogP contribution in [0.3, 0.4) is 0 Å². The number of halogens is 6. The van der Waals surface area contributed by atoms with Gasteiger partial charge in [-0.3, -0.25) is 9.78 Å². The zero-order valence-electron chi connectivity index (χ0n) is 9.39. The molecule has 0 aliphatic heterocycles. The molecule has 3 nitrogen and oxygen atoms in total. The van der Waals surface area contributed by atoms with Crippen LogP contribution in [0.2, 0.25) is 5.02 Å². The Kier molecular flexibility index (Phi) is 4.67. The van der Waals surface area contributed by atoms with E-state index in [9.17, 15) is 26.7 Å². The summed E-state index contributed by atoms with van der Waals surface area (Å²) >= 11 is 5.44. The third-order valence-corrected chi connectivity index (χ3v) is 2.60. The maximum absolute atomic E-state index is 12.7. The number of pyridine rings is 1. The first-order chi connectivity index (χ1) is 8.68. The van der Waals surface area contributed by atoms with Crippen LogP contribution in [0.15, 0.2) is 6.20 Å². The molecule has 9 heteroatoms. The minimum Gasteiger partial charge on any atom is -0.469 e. The second-order valence-corrected chi connectivity index (χ2v) is 3.79. The molecule has 0 saturated heterocycles. The lowest BCUT2D eigenvalue weighted by Crippen LogP contribution is -2.15. The molecule has 0 radical (unpaired) electrons. The van der Waals surface area contributed by atoms with Gasteiger partial charge in [-0.25, -0.2) is 8.78 Å². The summed E-state index contributed by atoms with van der Waals surface area (Å²) < 4.78 is 67.3. The van der Waals surface area contributed by atoms with Gasteiger partial charge in [0.1, 0.15) is 11.3 Å². The van der Waals surface area contributed by atoms with Crippen molar-refractivity contribution in [2.75, 3.05) is 7.11 Å². The van der Waals surface area contributed by atoms with Crippen molar-refractivity contribution < 1.29 is 31.5 Å². The third kappa shape index (κ3) is 3.52. The molecule has 1 aromatic rings. The Balaban J connectivity index is 3.38. The van der Waals surface area contributed by atoms with Crippen molar-refractivity contribution in [2.45, 2.75) is 19.0 Å². The van der Waals surface area contributed by atoms with E-state index in [1.54, 1.807) is 0 Å². The highest BCUT2D eigenvalue weighted by Crippen LogP contribution is 2.41. The van der Waals surface area contributed by atoms with Crippen LogP contribution in [0.5, 0.6) is 0 Å². The molecule has 0 N–H and O–H groups in total. The van der Waals surface area contributed by atoms with Gasteiger partial charge in [0.25, 0.3) is 6.43 Å². The quantitative estimate of drug-likeness (QED) is 0.634. The van der Waals surface area contributed by atoms with Crippen molar-refractivity contribution in [2.24, 2.45) is 0 Å². The van der Waals surface area contributed by atoms with Crippen molar-refractivity contribution in [3.8, 4) is 0 Å². The Morgan fingerprint density at radius 2 is 2.05 bits per heavy atom. The zero-order chi connectivity index (χ0) is 14.8. The minimum absolute atomic E-state index is 0.328. The van der Waals surface area contributed by atoms with Gasteiger partial charge in [0.05, 0.1) is 18.6 Å². The molecular formula is C10H7ClF5NO2. The maximum Gasteiger partial charge on any atom is 0.419 e. The van der Waals surface area contributed by atoms with Gasteiger partial charge >= 0.3 is 12.1 Å². The van der Waals surface area contributed by atoms with Crippen molar-refractivity contribution >= 4 is 17.6 Å². The molecule has 1 heterocycles. The molecule has 0 saturated carbocycles. The van der Waals surface area contributed by atoms with Crippen LogP contribution in [-0.4, -0.2) is 18.1 Å². The molecule has 0 bridgehead atoms. The summed E-state index contributed by atoms with van der Waals surface area (Å²) in [5.41, 5.74) is -3.53. The summed E-state index contributed by atoms with van der Waals surface area (Å²) in [4.78, 5) is 14.0. The highest BCUT2D eigenvalue weighted by molar-refractivity contribution is 6.32. The molecule has 0 aliphatic rings. The number of esters is 1. The number of carbonyl (C=O) groups excluding carboxylic acids is 1. The highest BCUT2D eigenvalue weighted by atomic mass is 35.5. The third-order valence-electron chi connectivity index (χ3n) is 2.17. The smallest absolute Gasteiger partial charge is 0.419 e. The van der Waals surface area contributed by atoms with Crippen molar-refractivity contribution in [1.29, 1.82) is 0 Å². The monoisotopic (exact) mass is 303 g/mol. The topological polar surface area (TPSA) is 39.2 Å². The Bertz CT molecular complexity index is 490. The molecule has 0 spiro atoms. The van der Waals surface area contributed by atoms with Crippen molar-refractivity contribution in [3.05, 3.63) is 28.0 Å². The molecular weight excluding hydrogens is 297 g/mol. The van der Waals surface area contributed by atoms with Gasteiger partial charge in [0.2, 0.25) is 0 Å². The normalized spacial score (nSPS) is 11.8. The Labute approximate surface area is 109 Å². The average molecular weight is 304 g/mol. The number of methoxy groups -OCH3 is 1. The lowest BCUT2D eigenvalue weighted by Gasteiger charge is -2.15. The maximum atomic E-state index is 12.7. The summed E-state index contributed by atoms with van der Waals surface area (Å²) in [6, 6.07) is 0. The largest absolute Gasteiger partial charge is 0.469 e. The fourth-order valence-corrected chi connectivity index (χ4v) is 1.65. The van der Waals surface area contributed by atoms with E-state index in [2.05, 4.69) is 9.72 Å². The molecule has 0 aromatic carbocycles. The number of aromatic nitrogens is 1. The Morgan fingerprint density at radius 1 is 1.47 bits per heavy atom. The van der Waals surface area contributed by atoms with Gasteiger partial charge in [-0.2, -0.15) is 13.2 Å². The van der Waals surface area contributed by atoms with Gasteiger partial charge in [-0.05, 0) is 0 Å². The van der Waals surface area contributed by atoms with Gasteiger partial charge in [-0.1, -0.05) is 11.6 Å². The van der Waals surface area contributed by atoms with Crippen LogP contribution in [-0.2, 0) is 22.1 Å². The van der Waals surface area contributed by atoms with Gasteiger partial charge in [0, 0.05) is 11.8 Å². The fourth-order valence-electron chi connectivity index (χ4n) is 1.33. The second kappa shape index (κ2) is 5.68. The van der Waals surface area contributed by atoms with Gasteiger partial charge in [0.15, 0.2) is 0 Å². The van der Waals surface area contributed by atoms with E-state index < -0.39 is 41.3 Å². The molecule has 106 valence electrons. The molecule has 0 atom stereocenters. The van der Waals surface area contributed by atoms with Gasteiger partial charge < -0.3 is 4.74 Å². The van der Waals surface area contributed by atoms with Crippen LogP contribution in [0.1, 0.15) is 23.2 Å². The minimum atomic E-state index is -5.10. The van der Waals surface area contributed by atoms with Crippen LogP contribution in [0, 0.1) is 0 Å². The van der Waals surface area contributed by atoms with Gasteiger partial charge in [-0.15, -0.1) is 0 Å². The lowest BCUT2D eigenvalue weighted by molar-refractivity contribution is -0.141. The van der Waals surface area contributed by atoms with Crippen molar-refractivity contribution in [3.63, 3.8) is 0 Å². The summed E-state index contributed by atoms with van der Waals surface area (Å²) in [5.74, 6) is -0.860. The average Bonchev–Trinajstić information content (AvgIpc) is 2.29. The van der Waals surface area contributed by atoms with E-state index in [1.165, 1.54) is 0 Å². The van der Waals surface area contributed by atoms with E-state index >= 15 is 0 Å². The van der Waals surface area contributed by atoms with E-state index in [4.69, 9.17) is 11.6 Å². The number of rotatable bonds is 3. The van der Waals surface area contributed by atoms with Crippen LogP contribution in [0.4, 0.5) is 22.0 Å². The van der Waals surface area contributed by atoms with E-state index in [0.29, 0.717) is 6.20 Å². The first kappa shape index (κ1) is 15.6. The Hall–Kier alpha value is -1.44. The lowest BCUT2D eigenvalue weighted by atomic mass is 10.1. The molecule has 0 unspecified atom stereocenters. The predicted octanol–water partition coefficient (Wildman–Crippen LogP) is 3.41. The SMILES string of the molecule is COC(=O)Cc1cnc(C(F)F)c(C(F)(F)F)c1Cl. The highest BCUT2D eigenvalue weighted by Gasteiger charge is 2.40. The van der Waals surface area contributed by atoms with E-state index in [0.717, 1.165) is 7.11 Å². The standard InChI is InChI=1S/C10H7ClF5NO2/c1-19-5(18)2-4-3-17-8(9(12)13)6(7(4)11)10(14,15)16/h3,9H,2H2,1H3. The van der Waals surface area contributed by atoms with Crippen LogP contribution >= 0.6 is 11.6 Å². The molecule has 1 rings (SSSR count). The molecule has 19 heavy (non-hydrogen) atoms. The zero-order valence-corrected chi connectivity index (χ0v) is 10.1. The first-order valence-electron chi connectivity index (χ1n) is 4.78. The Morgan fingerprint density at radius 3 is 2.47 bits per heavy atom. The summed E-state index contributed by atoms with van der Waals surface area (Å²) in [5, 5.41) is -0.969. The number of nitrogens with zero attached hydrogens (tertiary/aromatic N) is 1. The van der Waals surface area contributed by atoms with E-state index in [-0.39, 0.29) is 5.56 Å². The first-order valence-corrected chi connectivity index (χ1v) is 5.15. The molecule has 0 amide bonds. The number of ether oxygens (including phenoxy) is 1. The van der Waals surface area contributed by atoms with Crippen molar-refractivity contribution in [1.82, 2.24) is 4.98 Å². The number of hydrogen-bond acceptors (Lipinski definition) is 3. The number of alkyl halides is 5. The number of hydrogen-bond donors (Lipinski definition) is 0. The van der Waals surface area contributed by atoms with Crippen LogP contribution in [0.25, 0.3) is 0 Å². The van der Waals surface area contributed by atoms with Crippen LogP contribution < -0.4 is 0 Å². The molecule has 1 aromatic heterocycles. The fraction of sp³-hybridized carbons (Fsp3) is 0.400.